The van der Waals surface area contributed by atoms with Gasteiger partial charge in [-0.15, -0.1) is 0 Å². The van der Waals surface area contributed by atoms with Gasteiger partial charge in [-0.05, 0) is 37.8 Å². The summed E-state index contributed by atoms with van der Waals surface area (Å²) in [6.45, 7) is 0.520. The van der Waals surface area contributed by atoms with Gasteiger partial charge in [-0.2, -0.15) is 0 Å². The number of rotatable bonds is 12. The highest BCUT2D eigenvalue weighted by molar-refractivity contribution is 5.93. The van der Waals surface area contributed by atoms with Crippen LogP contribution in [0.15, 0.2) is 24.5 Å². The Labute approximate surface area is 156 Å². The number of amides is 3. The molecule has 148 valence electrons. The molecule has 0 radical (unpaired) electrons. The van der Waals surface area contributed by atoms with E-state index in [1.165, 1.54) is 6.20 Å². The molecule has 0 unspecified atom stereocenters. The van der Waals surface area contributed by atoms with E-state index in [4.69, 9.17) is 10.2 Å². The second-order valence-corrected chi connectivity index (χ2v) is 5.78. The Morgan fingerprint density at radius 1 is 1.04 bits per heavy atom. The lowest BCUT2D eigenvalue weighted by Gasteiger charge is -2.15. The van der Waals surface area contributed by atoms with Gasteiger partial charge in [-0.25, -0.2) is 9.59 Å². The number of urea groups is 1. The average molecular weight is 380 g/mol. The van der Waals surface area contributed by atoms with Gasteiger partial charge >= 0.3 is 18.0 Å². The third-order valence-corrected chi connectivity index (χ3v) is 3.59. The van der Waals surface area contributed by atoms with Crippen molar-refractivity contribution in [1.82, 2.24) is 20.9 Å². The number of unbranched alkanes of at least 4 members (excludes halogenated alkanes) is 1. The van der Waals surface area contributed by atoms with Crippen LogP contribution in [-0.2, 0) is 9.59 Å². The fraction of sp³-hybridized carbons (Fsp3) is 0.471. The number of nitrogens with one attached hydrogen (secondary N) is 3. The van der Waals surface area contributed by atoms with Crippen molar-refractivity contribution >= 4 is 23.9 Å². The van der Waals surface area contributed by atoms with Gasteiger partial charge in [-0.3, -0.25) is 14.6 Å². The number of carbonyl (C=O) groups is 4. The van der Waals surface area contributed by atoms with Crippen LogP contribution in [0.4, 0.5) is 4.79 Å². The van der Waals surface area contributed by atoms with Crippen LogP contribution < -0.4 is 16.0 Å². The highest BCUT2D eigenvalue weighted by atomic mass is 16.4. The van der Waals surface area contributed by atoms with E-state index >= 15 is 0 Å². The number of nitrogens with zero attached hydrogens (tertiary/aromatic N) is 1. The van der Waals surface area contributed by atoms with Crippen molar-refractivity contribution in [3.8, 4) is 0 Å². The molecule has 0 aromatic carbocycles. The van der Waals surface area contributed by atoms with Crippen molar-refractivity contribution in [1.29, 1.82) is 0 Å². The molecule has 5 N–H and O–H groups in total. The SMILES string of the molecule is O=C(O)CCCNC(=O)N[C@@H](CCCCNC(=O)c1cccnc1)C(=O)O. The Morgan fingerprint density at radius 2 is 1.78 bits per heavy atom. The molecule has 1 rings (SSSR count). The smallest absolute Gasteiger partial charge is 0.326 e. The zero-order chi connectivity index (χ0) is 20.1. The molecule has 0 saturated heterocycles. The van der Waals surface area contributed by atoms with Gasteiger partial charge in [0.1, 0.15) is 6.04 Å². The number of carbonyl (C=O) groups excluding carboxylic acids is 2. The standard InChI is InChI=1S/C17H24N4O6/c22-14(23)7-4-10-20-17(27)21-13(16(25)26)6-1-2-9-19-15(24)12-5-3-8-18-11-12/h3,5,8,11,13H,1-2,4,6-7,9-10H2,(H,19,24)(H,22,23)(H,25,26)(H2,20,21,27)/t13-/m0/s1. The second-order valence-electron chi connectivity index (χ2n) is 5.78. The summed E-state index contributed by atoms with van der Waals surface area (Å²) in [6, 6.07) is 1.59. The Morgan fingerprint density at radius 3 is 2.41 bits per heavy atom. The molecular formula is C17H24N4O6. The second kappa shape index (κ2) is 12.2. The van der Waals surface area contributed by atoms with Gasteiger partial charge in [0.05, 0.1) is 5.56 Å². The first kappa shape index (κ1) is 21.9. The molecule has 1 aromatic rings. The highest BCUT2D eigenvalue weighted by Gasteiger charge is 2.19. The van der Waals surface area contributed by atoms with E-state index in [9.17, 15) is 19.2 Å². The summed E-state index contributed by atoms with van der Waals surface area (Å²) in [5.74, 6) is -2.37. The molecule has 0 aliphatic heterocycles. The van der Waals surface area contributed by atoms with Crippen LogP contribution in [0, 0.1) is 0 Å². The third kappa shape index (κ3) is 9.78. The molecule has 0 bridgehead atoms. The molecule has 1 heterocycles. The lowest BCUT2D eigenvalue weighted by atomic mass is 10.1. The molecular weight excluding hydrogens is 356 g/mol. The number of pyridine rings is 1. The number of carboxylic acids is 2. The zero-order valence-corrected chi connectivity index (χ0v) is 14.8. The quantitative estimate of drug-likeness (QED) is 0.332. The first-order chi connectivity index (χ1) is 12.9. The van der Waals surface area contributed by atoms with Crippen molar-refractivity contribution in [2.45, 2.75) is 38.1 Å². The van der Waals surface area contributed by atoms with Gasteiger partial charge in [0.2, 0.25) is 0 Å². The monoisotopic (exact) mass is 380 g/mol. The molecule has 3 amide bonds. The van der Waals surface area contributed by atoms with E-state index in [0.717, 1.165) is 0 Å². The Balaban J connectivity index is 2.22. The number of hydrogen-bond acceptors (Lipinski definition) is 5. The summed E-state index contributed by atoms with van der Waals surface area (Å²) in [6.07, 6.45) is 4.46. The molecule has 0 fully saturated rings. The molecule has 0 saturated carbocycles. The number of hydrogen-bond donors (Lipinski definition) is 5. The van der Waals surface area contributed by atoms with Crippen molar-refractivity contribution in [2.24, 2.45) is 0 Å². The van der Waals surface area contributed by atoms with Crippen LogP contribution in [0.1, 0.15) is 42.5 Å². The van der Waals surface area contributed by atoms with E-state index in [2.05, 4.69) is 20.9 Å². The minimum atomic E-state index is -1.16. The Bertz CT molecular complexity index is 638. The fourth-order valence-corrected chi connectivity index (χ4v) is 2.18. The lowest BCUT2D eigenvalue weighted by molar-refractivity contribution is -0.139. The average Bonchev–Trinajstić information content (AvgIpc) is 2.64. The molecule has 1 aromatic heterocycles. The predicted molar refractivity (Wildman–Crippen MR) is 95.2 cm³/mol. The summed E-state index contributed by atoms with van der Waals surface area (Å²) < 4.78 is 0. The topological polar surface area (TPSA) is 158 Å². The van der Waals surface area contributed by atoms with Crippen molar-refractivity contribution < 1.29 is 29.4 Å². The molecule has 0 aliphatic rings. The fourth-order valence-electron chi connectivity index (χ4n) is 2.18. The maximum atomic E-state index is 11.8. The minimum absolute atomic E-state index is 0.0760. The maximum Gasteiger partial charge on any atom is 0.326 e. The molecule has 0 aliphatic carbocycles. The Hall–Kier alpha value is -3.17. The number of aliphatic carboxylic acids is 2. The van der Waals surface area contributed by atoms with Gasteiger partial charge < -0.3 is 26.2 Å². The van der Waals surface area contributed by atoms with Crippen molar-refractivity contribution in [3.05, 3.63) is 30.1 Å². The number of carboxylic acid groups (broad SMARTS) is 2. The largest absolute Gasteiger partial charge is 0.481 e. The van der Waals surface area contributed by atoms with E-state index in [0.29, 0.717) is 24.9 Å². The maximum absolute atomic E-state index is 11.8. The molecule has 1 atom stereocenters. The van der Waals surface area contributed by atoms with Crippen molar-refractivity contribution in [3.63, 3.8) is 0 Å². The van der Waals surface area contributed by atoms with Gasteiger partial charge in [0, 0.05) is 31.9 Å². The molecule has 0 spiro atoms. The van der Waals surface area contributed by atoms with Crippen LogP contribution >= 0.6 is 0 Å². The molecule has 10 heteroatoms. The normalized spacial score (nSPS) is 11.3. The van der Waals surface area contributed by atoms with E-state index < -0.39 is 24.0 Å². The lowest BCUT2D eigenvalue weighted by Crippen LogP contribution is -2.46. The van der Waals surface area contributed by atoms with E-state index in [-0.39, 0.29) is 31.7 Å². The van der Waals surface area contributed by atoms with Crippen LogP contribution in [0.5, 0.6) is 0 Å². The molecule has 27 heavy (non-hydrogen) atoms. The first-order valence-electron chi connectivity index (χ1n) is 8.57. The third-order valence-electron chi connectivity index (χ3n) is 3.59. The molecule has 10 nitrogen and oxygen atoms in total. The van der Waals surface area contributed by atoms with E-state index in [1.807, 2.05) is 0 Å². The van der Waals surface area contributed by atoms with Crippen LogP contribution in [0.2, 0.25) is 0 Å². The zero-order valence-electron chi connectivity index (χ0n) is 14.8. The van der Waals surface area contributed by atoms with Crippen LogP contribution in [0.25, 0.3) is 0 Å². The minimum Gasteiger partial charge on any atom is -0.481 e. The van der Waals surface area contributed by atoms with Crippen LogP contribution in [0.3, 0.4) is 0 Å². The first-order valence-corrected chi connectivity index (χ1v) is 8.57. The summed E-state index contributed by atoms with van der Waals surface area (Å²) in [5, 5.41) is 25.1. The van der Waals surface area contributed by atoms with Crippen molar-refractivity contribution in [2.75, 3.05) is 13.1 Å². The highest BCUT2D eigenvalue weighted by Crippen LogP contribution is 2.02. The van der Waals surface area contributed by atoms with E-state index in [1.54, 1.807) is 18.3 Å². The Kier molecular flexibility index (Phi) is 9.90. The summed E-state index contributed by atoms with van der Waals surface area (Å²) >= 11 is 0. The number of aromatic nitrogens is 1. The summed E-state index contributed by atoms with van der Waals surface area (Å²) in [4.78, 5) is 48.9. The van der Waals surface area contributed by atoms with Gasteiger partial charge in [-0.1, -0.05) is 0 Å². The van der Waals surface area contributed by atoms with Gasteiger partial charge in [0.15, 0.2) is 0 Å². The predicted octanol–water partition coefficient (Wildman–Crippen LogP) is 0.599. The summed E-state index contributed by atoms with van der Waals surface area (Å²) in [7, 11) is 0. The van der Waals surface area contributed by atoms with Crippen LogP contribution in [-0.4, -0.2) is 58.2 Å². The summed E-state index contributed by atoms with van der Waals surface area (Å²) in [5.41, 5.74) is 0.446. The van der Waals surface area contributed by atoms with Gasteiger partial charge in [0.25, 0.3) is 5.91 Å².